The number of benzene rings is 1. The van der Waals surface area contributed by atoms with Crippen molar-refractivity contribution in [3.05, 3.63) is 16.6 Å². The van der Waals surface area contributed by atoms with E-state index in [1.165, 1.54) is 19.1 Å². The van der Waals surface area contributed by atoms with Crippen molar-refractivity contribution in [2.45, 2.75) is 43.7 Å². The van der Waals surface area contributed by atoms with Gasteiger partial charge < -0.3 is 19.3 Å². The van der Waals surface area contributed by atoms with E-state index in [4.69, 9.17) is 14.2 Å². The number of methoxy groups -OCH3 is 2. The summed E-state index contributed by atoms with van der Waals surface area (Å²) in [6, 6.07) is 3.37. The molecule has 2 amide bonds. The van der Waals surface area contributed by atoms with Crippen LogP contribution in [-0.2, 0) is 4.74 Å². The summed E-state index contributed by atoms with van der Waals surface area (Å²) in [5, 5.41) is 12.2. The molecule has 1 aromatic carbocycles. The quantitative estimate of drug-likeness (QED) is 0.712. The number of hydrogen-bond donors (Lipinski definition) is 2. The Morgan fingerprint density at radius 1 is 1.30 bits per heavy atom. The Balaban J connectivity index is 1.67. The van der Waals surface area contributed by atoms with Crippen LogP contribution >= 0.6 is 15.9 Å². The first kappa shape index (κ1) is 19.6. The van der Waals surface area contributed by atoms with Crippen molar-refractivity contribution in [3.8, 4) is 11.5 Å². The highest BCUT2D eigenvalue weighted by Gasteiger charge is 2.52. The number of nitrogens with one attached hydrogen (secondary N) is 1. The molecule has 3 rings (SSSR count). The maximum atomic E-state index is 12.3. The van der Waals surface area contributed by atoms with E-state index < -0.39 is 17.7 Å². The van der Waals surface area contributed by atoms with Gasteiger partial charge in [0.15, 0.2) is 11.5 Å². The van der Waals surface area contributed by atoms with E-state index in [2.05, 4.69) is 21.2 Å². The molecular formula is C18H23BrN2O6. The third-order valence-corrected chi connectivity index (χ3v) is 6.19. The van der Waals surface area contributed by atoms with Gasteiger partial charge in [0.25, 0.3) is 0 Å². The number of anilines is 1. The zero-order valence-corrected chi connectivity index (χ0v) is 16.9. The Kier molecular flexibility index (Phi) is 5.69. The molecule has 2 N–H and O–H groups in total. The number of fused-ring (bicyclic) bond motifs is 2. The maximum Gasteiger partial charge on any atom is 0.411 e. The topological polar surface area (TPSA) is 97.3 Å². The lowest BCUT2D eigenvalue weighted by molar-refractivity contribution is 0.0110. The molecule has 2 atom stereocenters. The number of ether oxygens (including phenoxy) is 3. The fourth-order valence-corrected chi connectivity index (χ4v) is 4.75. The highest BCUT2D eigenvalue weighted by Crippen LogP contribution is 2.44. The van der Waals surface area contributed by atoms with E-state index in [9.17, 15) is 14.7 Å². The van der Waals surface area contributed by atoms with Crippen molar-refractivity contribution in [3.63, 3.8) is 0 Å². The summed E-state index contributed by atoms with van der Waals surface area (Å²) < 4.78 is 16.5. The van der Waals surface area contributed by atoms with E-state index in [1.807, 2.05) is 0 Å². The van der Waals surface area contributed by atoms with Gasteiger partial charge in [-0.3, -0.25) is 10.2 Å². The molecule has 2 aliphatic rings. The first-order chi connectivity index (χ1) is 12.9. The molecule has 2 aliphatic heterocycles. The summed E-state index contributed by atoms with van der Waals surface area (Å²) in [6.07, 6.45) is 2.49. The number of carboxylic acid groups (broad SMARTS) is 1. The standard InChI is InChI=1S/C18H23BrN2O6/c1-25-13-6-5-12(14(19)15(13)26-2)20-16(22)27-10-18-8-3-4-11(7-9-18)21(18)17(23)24/h5-6,11H,3-4,7-10H2,1-2H3,(H,20,22)(H,23,24)/t11-,18+/m1/s1. The number of carbonyl (C=O) groups is 2. The molecule has 0 unspecified atom stereocenters. The predicted molar refractivity (Wildman–Crippen MR) is 102 cm³/mol. The number of nitrogens with zero attached hydrogens (tertiary/aromatic N) is 1. The number of piperidine rings is 1. The van der Waals surface area contributed by atoms with E-state index in [0.29, 0.717) is 28.1 Å². The molecule has 148 valence electrons. The average molecular weight is 443 g/mol. The zero-order valence-electron chi connectivity index (χ0n) is 15.3. The van der Waals surface area contributed by atoms with Gasteiger partial charge in [0.1, 0.15) is 6.61 Å². The first-order valence-corrected chi connectivity index (χ1v) is 9.57. The minimum atomic E-state index is -0.941. The lowest BCUT2D eigenvalue weighted by atomic mass is 9.89. The third kappa shape index (κ3) is 3.65. The van der Waals surface area contributed by atoms with Crippen LogP contribution < -0.4 is 14.8 Å². The highest BCUT2D eigenvalue weighted by molar-refractivity contribution is 9.10. The van der Waals surface area contributed by atoms with Crippen LogP contribution in [0.1, 0.15) is 32.1 Å². The predicted octanol–water partition coefficient (Wildman–Crippen LogP) is 4.08. The van der Waals surface area contributed by atoms with Gasteiger partial charge in [-0.15, -0.1) is 0 Å². The number of halogens is 1. The molecule has 0 aromatic heterocycles. The molecule has 0 aliphatic carbocycles. The van der Waals surface area contributed by atoms with Crippen molar-refractivity contribution in [1.82, 2.24) is 4.90 Å². The summed E-state index contributed by atoms with van der Waals surface area (Å²) in [5.41, 5.74) is -0.140. The molecule has 0 spiro atoms. The molecule has 2 bridgehead atoms. The lowest BCUT2D eigenvalue weighted by Crippen LogP contribution is -2.55. The molecule has 2 heterocycles. The van der Waals surface area contributed by atoms with Crippen molar-refractivity contribution in [2.75, 3.05) is 26.1 Å². The second-order valence-corrected chi connectivity index (χ2v) is 7.62. The van der Waals surface area contributed by atoms with Gasteiger partial charge in [-0.05, 0) is 60.2 Å². The Morgan fingerprint density at radius 3 is 2.74 bits per heavy atom. The molecule has 8 nitrogen and oxygen atoms in total. The van der Waals surface area contributed by atoms with Gasteiger partial charge in [0.05, 0.1) is 29.9 Å². The number of amides is 2. The van der Waals surface area contributed by atoms with Gasteiger partial charge in [0, 0.05) is 6.04 Å². The molecule has 2 saturated heterocycles. The zero-order chi connectivity index (χ0) is 19.6. The Hall–Kier alpha value is -2.16. The summed E-state index contributed by atoms with van der Waals surface area (Å²) in [7, 11) is 3.03. The van der Waals surface area contributed by atoms with E-state index in [-0.39, 0.29) is 12.6 Å². The van der Waals surface area contributed by atoms with E-state index in [0.717, 1.165) is 25.7 Å². The largest absolute Gasteiger partial charge is 0.493 e. The van der Waals surface area contributed by atoms with Gasteiger partial charge >= 0.3 is 12.2 Å². The third-order valence-electron chi connectivity index (χ3n) is 5.40. The van der Waals surface area contributed by atoms with Crippen LogP contribution in [0.15, 0.2) is 16.6 Å². The number of rotatable bonds is 5. The van der Waals surface area contributed by atoms with E-state index >= 15 is 0 Å². The molecular weight excluding hydrogens is 420 g/mol. The molecule has 1 aromatic rings. The molecule has 9 heteroatoms. The lowest BCUT2D eigenvalue weighted by Gasteiger charge is -2.42. The maximum absolute atomic E-state index is 12.3. The first-order valence-electron chi connectivity index (χ1n) is 8.78. The van der Waals surface area contributed by atoms with Crippen LogP contribution in [0, 0.1) is 0 Å². The molecule has 0 radical (unpaired) electrons. The minimum Gasteiger partial charge on any atom is -0.493 e. The number of hydrogen-bond acceptors (Lipinski definition) is 5. The van der Waals surface area contributed by atoms with Gasteiger partial charge in [-0.1, -0.05) is 0 Å². The van der Waals surface area contributed by atoms with E-state index in [1.54, 1.807) is 12.1 Å². The SMILES string of the molecule is COc1ccc(NC(=O)OC[C@]23CCC[C@H](CC2)N3C(=O)O)c(Br)c1OC. The van der Waals surface area contributed by atoms with Crippen LogP contribution in [-0.4, -0.2) is 54.6 Å². The smallest absolute Gasteiger partial charge is 0.411 e. The van der Waals surface area contributed by atoms with Crippen LogP contribution in [0.2, 0.25) is 0 Å². The monoisotopic (exact) mass is 442 g/mol. The fraction of sp³-hybridized carbons (Fsp3) is 0.556. The van der Waals surface area contributed by atoms with Crippen molar-refractivity contribution >= 4 is 33.8 Å². The van der Waals surface area contributed by atoms with Crippen LogP contribution in [0.25, 0.3) is 0 Å². The Morgan fingerprint density at radius 2 is 2.07 bits per heavy atom. The fourth-order valence-electron chi connectivity index (χ4n) is 4.16. The Bertz CT molecular complexity index is 739. The van der Waals surface area contributed by atoms with Crippen molar-refractivity contribution < 1.29 is 28.9 Å². The highest BCUT2D eigenvalue weighted by atomic mass is 79.9. The summed E-state index contributed by atoms with van der Waals surface area (Å²) in [6.45, 7) is 0.0482. The molecule has 2 fully saturated rings. The van der Waals surface area contributed by atoms with Crippen LogP contribution in [0.3, 0.4) is 0 Å². The normalized spacial score (nSPS) is 23.7. The average Bonchev–Trinajstić information content (AvgIpc) is 2.88. The van der Waals surface area contributed by atoms with Crippen LogP contribution in [0.4, 0.5) is 15.3 Å². The summed E-state index contributed by atoms with van der Waals surface area (Å²) in [5.74, 6) is 0.982. The summed E-state index contributed by atoms with van der Waals surface area (Å²) in [4.78, 5) is 25.5. The second-order valence-electron chi connectivity index (χ2n) is 6.83. The van der Waals surface area contributed by atoms with Gasteiger partial charge in [0.2, 0.25) is 0 Å². The van der Waals surface area contributed by atoms with Gasteiger partial charge in [-0.25, -0.2) is 9.59 Å². The Labute approximate surface area is 165 Å². The van der Waals surface area contributed by atoms with Gasteiger partial charge in [-0.2, -0.15) is 0 Å². The second kappa shape index (κ2) is 7.84. The minimum absolute atomic E-state index is 0.0305. The number of carbonyl (C=O) groups excluding carboxylic acids is 1. The molecule has 0 saturated carbocycles. The van der Waals surface area contributed by atoms with Crippen LogP contribution in [0.5, 0.6) is 11.5 Å². The van der Waals surface area contributed by atoms with Crippen molar-refractivity contribution in [2.24, 2.45) is 0 Å². The van der Waals surface area contributed by atoms with Crippen molar-refractivity contribution in [1.29, 1.82) is 0 Å². The summed E-state index contributed by atoms with van der Waals surface area (Å²) >= 11 is 3.39. The molecule has 27 heavy (non-hydrogen) atoms.